The van der Waals surface area contributed by atoms with Crippen molar-refractivity contribution in [2.75, 3.05) is 13.1 Å². The number of hydrogen-bond donors (Lipinski definition) is 3. The lowest BCUT2D eigenvalue weighted by Gasteiger charge is -2.19. The summed E-state index contributed by atoms with van der Waals surface area (Å²) in [5.74, 6) is -0.719. The molecule has 0 aliphatic carbocycles. The van der Waals surface area contributed by atoms with E-state index in [1.54, 1.807) is 48.5 Å². The van der Waals surface area contributed by atoms with Crippen LogP contribution in [0.1, 0.15) is 38.7 Å². The molecule has 0 aliphatic heterocycles. The van der Waals surface area contributed by atoms with Crippen molar-refractivity contribution in [2.24, 2.45) is 0 Å². The summed E-state index contributed by atoms with van der Waals surface area (Å²) < 4.78 is 0. The second kappa shape index (κ2) is 11.7. The van der Waals surface area contributed by atoms with Gasteiger partial charge in [0.05, 0.1) is 12.5 Å². The van der Waals surface area contributed by atoms with Crippen molar-refractivity contribution in [3.05, 3.63) is 107 Å². The van der Waals surface area contributed by atoms with Crippen molar-refractivity contribution in [3.63, 3.8) is 0 Å². The molecule has 3 amide bonds. The van der Waals surface area contributed by atoms with Crippen molar-refractivity contribution >= 4 is 29.3 Å². The molecule has 3 aromatic carbocycles. The first-order valence-electron chi connectivity index (χ1n) is 10.2. The number of rotatable bonds is 9. The molecule has 1 unspecified atom stereocenters. The van der Waals surface area contributed by atoms with E-state index in [1.165, 1.54) is 0 Å². The van der Waals surface area contributed by atoms with Crippen LogP contribution in [0.4, 0.5) is 0 Å². The second-order valence-corrected chi connectivity index (χ2v) is 7.56. The van der Waals surface area contributed by atoms with Crippen molar-refractivity contribution in [3.8, 4) is 0 Å². The smallest absolute Gasteiger partial charge is 0.251 e. The summed E-state index contributed by atoms with van der Waals surface area (Å²) in [5, 5.41) is 9.02. The number of nitrogens with one attached hydrogen (secondary N) is 3. The normalized spacial score (nSPS) is 11.3. The molecule has 0 saturated heterocycles. The SMILES string of the molecule is O=C(CC(NC(=O)c1ccccc1)c1ccccc1)NCCNC(=O)c1ccc(Cl)cc1. The third-order valence-electron chi connectivity index (χ3n) is 4.77. The van der Waals surface area contributed by atoms with Crippen LogP contribution in [0.25, 0.3) is 0 Å². The Morgan fingerprint density at radius 3 is 1.91 bits per heavy atom. The van der Waals surface area contributed by atoms with Crippen LogP contribution in [0.3, 0.4) is 0 Å². The lowest BCUT2D eigenvalue weighted by atomic mass is 10.0. The summed E-state index contributed by atoms with van der Waals surface area (Å²) in [6.45, 7) is 0.548. The van der Waals surface area contributed by atoms with Crippen molar-refractivity contribution in [1.29, 1.82) is 0 Å². The summed E-state index contributed by atoms with van der Waals surface area (Å²) in [6.07, 6.45) is 0.0771. The average Bonchev–Trinajstić information content (AvgIpc) is 2.83. The summed E-state index contributed by atoms with van der Waals surface area (Å²) >= 11 is 5.82. The fourth-order valence-corrected chi connectivity index (χ4v) is 3.23. The quantitative estimate of drug-likeness (QED) is 0.435. The number of carbonyl (C=O) groups excluding carboxylic acids is 3. The third kappa shape index (κ3) is 6.96. The Labute approximate surface area is 192 Å². The van der Waals surface area contributed by atoms with Crippen LogP contribution >= 0.6 is 11.6 Å². The molecule has 0 fully saturated rings. The predicted octanol–water partition coefficient (Wildman–Crippen LogP) is 3.75. The highest BCUT2D eigenvalue weighted by Gasteiger charge is 2.19. The fourth-order valence-electron chi connectivity index (χ4n) is 3.11. The van der Waals surface area contributed by atoms with Crippen LogP contribution in [0.5, 0.6) is 0 Å². The van der Waals surface area contributed by atoms with E-state index < -0.39 is 6.04 Å². The van der Waals surface area contributed by atoms with Crippen LogP contribution in [0.2, 0.25) is 5.02 Å². The topological polar surface area (TPSA) is 87.3 Å². The Bertz CT molecular complexity index is 1040. The van der Waals surface area contributed by atoms with E-state index in [4.69, 9.17) is 11.6 Å². The Hall–Kier alpha value is -3.64. The molecule has 0 bridgehead atoms. The monoisotopic (exact) mass is 449 g/mol. The van der Waals surface area contributed by atoms with Crippen LogP contribution in [-0.4, -0.2) is 30.8 Å². The number of halogens is 1. The molecular weight excluding hydrogens is 426 g/mol. The van der Waals surface area contributed by atoms with E-state index in [9.17, 15) is 14.4 Å². The Morgan fingerprint density at radius 2 is 1.25 bits per heavy atom. The van der Waals surface area contributed by atoms with E-state index in [0.29, 0.717) is 16.1 Å². The van der Waals surface area contributed by atoms with Gasteiger partial charge in [-0.1, -0.05) is 60.1 Å². The first-order valence-corrected chi connectivity index (χ1v) is 10.6. The molecule has 164 valence electrons. The number of hydrogen-bond acceptors (Lipinski definition) is 3. The van der Waals surface area contributed by atoms with Gasteiger partial charge in [-0.3, -0.25) is 14.4 Å². The maximum Gasteiger partial charge on any atom is 0.251 e. The summed E-state index contributed by atoms with van der Waals surface area (Å²) in [6, 6.07) is 24.3. The van der Waals surface area contributed by atoms with Gasteiger partial charge in [0.2, 0.25) is 5.91 Å². The van der Waals surface area contributed by atoms with E-state index in [0.717, 1.165) is 5.56 Å². The molecule has 0 radical (unpaired) electrons. The van der Waals surface area contributed by atoms with Crippen molar-refractivity contribution < 1.29 is 14.4 Å². The maximum absolute atomic E-state index is 12.6. The van der Waals surface area contributed by atoms with Gasteiger partial charge in [0, 0.05) is 29.2 Å². The van der Waals surface area contributed by atoms with E-state index in [-0.39, 0.29) is 37.2 Å². The molecule has 6 nitrogen and oxygen atoms in total. The number of amides is 3. The van der Waals surface area contributed by atoms with Crippen molar-refractivity contribution in [1.82, 2.24) is 16.0 Å². The molecular formula is C25H24ClN3O3. The van der Waals surface area contributed by atoms with E-state index >= 15 is 0 Å². The molecule has 0 saturated carbocycles. The Morgan fingerprint density at radius 1 is 0.688 bits per heavy atom. The maximum atomic E-state index is 12.6. The summed E-state index contributed by atoms with van der Waals surface area (Å²) in [4.78, 5) is 37.2. The highest BCUT2D eigenvalue weighted by molar-refractivity contribution is 6.30. The molecule has 1 atom stereocenters. The third-order valence-corrected chi connectivity index (χ3v) is 5.02. The van der Waals surface area contributed by atoms with Gasteiger partial charge in [-0.25, -0.2) is 0 Å². The minimum atomic E-state index is -0.479. The van der Waals surface area contributed by atoms with Gasteiger partial charge in [-0.05, 0) is 42.0 Å². The predicted molar refractivity (Wildman–Crippen MR) is 125 cm³/mol. The van der Waals surface area contributed by atoms with E-state index in [1.807, 2.05) is 36.4 Å². The minimum Gasteiger partial charge on any atom is -0.354 e. The van der Waals surface area contributed by atoms with Crippen LogP contribution < -0.4 is 16.0 Å². The highest BCUT2D eigenvalue weighted by Crippen LogP contribution is 2.17. The molecule has 3 N–H and O–H groups in total. The zero-order valence-electron chi connectivity index (χ0n) is 17.4. The van der Waals surface area contributed by atoms with Gasteiger partial charge in [0.1, 0.15) is 0 Å². The van der Waals surface area contributed by atoms with Gasteiger partial charge in [0.15, 0.2) is 0 Å². The average molecular weight is 450 g/mol. The molecule has 0 aliphatic rings. The summed E-state index contributed by atoms with van der Waals surface area (Å²) in [5.41, 5.74) is 1.86. The first kappa shape index (κ1) is 23.0. The molecule has 0 spiro atoms. The Kier molecular flexibility index (Phi) is 8.40. The largest absolute Gasteiger partial charge is 0.354 e. The minimum absolute atomic E-state index is 0.0771. The lowest BCUT2D eigenvalue weighted by molar-refractivity contribution is -0.121. The van der Waals surface area contributed by atoms with Gasteiger partial charge < -0.3 is 16.0 Å². The Balaban J connectivity index is 1.51. The standard InChI is InChI=1S/C25H24ClN3O3/c26-21-13-11-20(12-14-21)24(31)28-16-15-27-23(30)17-22(18-7-3-1-4-8-18)29-25(32)19-9-5-2-6-10-19/h1-14,22H,15-17H2,(H,27,30)(H,28,31)(H,29,32). The molecule has 3 rings (SSSR count). The van der Waals surface area contributed by atoms with E-state index in [2.05, 4.69) is 16.0 Å². The molecule has 7 heteroatoms. The summed E-state index contributed by atoms with van der Waals surface area (Å²) in [7, 11) is 0. The molecule has 0 aromatic heterocycles. The van der Waals surface area contributed by atoms with Crippen molar-refractivity contribution in [2.45, 2.75) is 12.5 Å². The second-order valence-electron chi connectivity index (χ2n) is 7.12. The molecule has 32 heavy (non-hydrogen) atoms. The lowest BCUT2D eigenvalue weighted by Crippen LogP contribution is -2.37. The molecule has 3 aromatic rings. The van der Waals surface area contributed by atoms with Crippen LogP contribution in [0.15, 0.2) is 84.9 Å². The zero-order valence-corrected chi connectivity index (χ0v) is 18.1. The number of benzene rings is 3. The van der Waals surface area contributed by atoms with Gasteiger partial charge in [-0.15, -0.1) is 0 Å². The zero-order chi connectivity index (χ0) is 22.8. The van der Waals surface area contributed by atoms with Gasteiger partial charge in [-0.2, -0.15) is 0 Å². The van der Waals surface area contributed by atoms with Crippen LogP contribution in [-0.2, 0) is 4.79 Å². The molecule has 0 heterocycles. The first-order chi connectivity index (χ1) is 15.5. The van der Waals surface area contributed by atoms with Crippen LogP contribution in [0, 0.1) is 0 Å². The number of carbonyl (C=O) groups is 3. The van der Waals surface area contributed by atoms with Gasteiger partial charge in [0.25, 0.3) is 11.8 Å². The van der Waals surface area contributed by atoms with Gasteiger partial charge >= 0.3 is 0 Å². The highest BCUT2D eigenvalue weighted by atomic mass is 35.5. The fraction of sp³-hybridized carbons (Fsp3) is 0.160.